The van der Waals surface area contributed by atoms with Gasteiger partial charge in [0.2, 0.25) is 0 Å². The van der Waals surface area contributed by atoms with Crippen molar-refractivity contribution in [2.24, 2.45) is 0 Å². The molecule has 6 nitrogen and oxygen atoms in total. The van der Waals surface area contributed by atoms with Crippen molar-refractivity contribution in [1.82, 2.24) is 0 Å². The van der Waals surface area contributed by atoms with E-state index in [1.807, 2.05) is 32.0 Å². The Morgan fingerprint density at radius 3 is 2.12 bits per heavy atom. The first-order valence-electron chi connectivity index (χ1n) is 7.78. The molecule has 0 bridgehead atoms. The van der Waals surface area contributed by atoms with E-state index in [0.717, 1.165) is 16.8 Å². The van der Waals surface area contributed by atoms with Crippen molar-refractivity contribution in [2.45, 2.75) is 13.8 Å². The van der Waals surface area contributed by atoms with E-state index in [4.69, 9.17) is 14.2 Å². The van der Waals surface area contributed by atoms with Crippen LogP contribution in [-0.4, -0.2) is 32.2 Å². The Morgan fingerprint density at radius 2 is 1.52 bits per heavy atom. The number of hydrogen-bond acceptors (Lipinski definition) is 5. The van der Waals surface area contributed by atoms with Crippen molar-refractivity contribution >= 4 is 17.6 Å². The Labute approximate surface area is 146 Å². The normalized spacial score (nSPS) is 10.0. The van der Waals surface area contributed by atoms with Gasteiger partial charge < -0.3 is 19.5 Å². The van der Waals surface area contributed by atoms with Crippen LogP contribution >= 0.6 is 0 Å². The molecule has 6 heteroatoms. The summed E-state index contributed by atoms with van der Waals surface area (Å²) in [5.74, 6) is 0.193. The van der Waals surface area contributed by atoms with Crippen molar-refractivity contribution in [1.29, 1.82) is 0 Å². The van der Waals surface area contributed by atoms with Gasteiger partial charge in [-0.1, -0.05) is 18.2 Å². The summed E-state index contributed by atoms with van der Waals surface area (Å²) in [4.78, 5) is 23.6. The SMILES string of the molecule is COc1ccc(OCC(=O)OCC(=O)Nc2c(C)cccc2C)cc1. The summed E-state index contributed by atoms with van der Waals surface area (Å²) in [7, 11) is 1.57. The van der Waals surface area contributed by atoms with Gasteiger partial charge in [0.05, 0.1) is 7.11 Å². The molecule has 2 aromatic carbocycles. The fourth-order valence-electron chi connectivity index (χ4n) is 2.19. The number of ether oxygens (including phenoxy) is 3. The lowest BCUT2D eigenvalue weighted by Crippen LogP contribution is -2.24. The molecule has 0 heterocycles. The van der Waals surface area contributed by atoms with Gasteiger partial charge in [0.15, 0.2) is 13.2 Å². The minimum atomic E-state index is -0.618. The second kappa shape index (κ2) is 8.73. The molecule has 0 saturated carbocycles. The van der Waals surface area contributed by atoms with Crippen molar-refractivity contribution in [2.75, 3.05) is 25.6 Å². The molecule has 0 aliphatic heterocycles. The molecule has 0 aliphatic rings. The van der Waals surface area contributed by atoms with Crippen LogP contribution in [0.3, 0.4) is 0 Å². The van der Waals surface area contributed by atoms with Gasteiger partial charge in [0.25, 0.3) is 5.91 Å². The van der Waals surface area contributed by atoms with E-state index < -0.39 is 11.9 Å². The van der Waals surface area contributed by atoms with Gasteiger partial charge in [-0.2, -0.15) is 0 Å². The Kier molecular flexibility index (Phi) is 6.39. The van der Waals surface area contributed by atoms with Crippen LogP contribution in [0.15, 0.2) is 42.5 Å². The van der Waals surface area contributed by atoms with Crippen LogP contribution in [0.4, 0.5) is 5.69 Å². The van der Waals surface area contributed by atoms with Gasteiger partial charge in [-0.3, -0.25) is 4.79 Å². The zero-order valence-corrected chi connectivity index (χ0v) is 14.5. The van der Waals surface area contributed by atoms with Crippen LogP contribution < -0.4 is 14.8 Å². The van der Waals surface area contributed by atoms with Gasteiger partial charge in [-0.15, -0.1) is 0 Å². The van der Waals surface area contributed by atoms with Crippen molar-refractivity contribution in [3.63, 3.8) is 0 Å². The number of amides is 1. The number of methoxy groups -OCH3 is 1. The van der Waals surface area contributed by atoms with Crippen LogP contribution in [0.25, 0.3) is 0 Å². The minimum absolute atomic E-state index is 0.275. The summed E-state index contributed by atoms with van der Waals surface area (Å²) in [5.41, 5.74) is 2.63. The molecule has 0 spiro atoms. The first kappa shape index (κ1) is 18.3. The molecule has 0 aliphatic carbocycles. The lowest BCUT2D eigenvalue weighted by atomic mass is 10.1. The predicted molar refractivity (Wildman–Crippen MR) is 94.0 cm³/mol. The van der Waals surface area contributed by atoms with E-state index in [2.05, 4.69) is 5.32 Å². The van der Waals surface area contributed by atoms with Gasteiger partial charge in [0.1, 0.15) is 11.5 Å². The highest BCUT2D eigenvalue weighted by Gasteiger charge is 2.11. The van der Waals surface area contributed by atoms with E-state index >= 15 is 0 Å². The molecule has 1 amide bonds. The molecule has 2 aromatic rings. The van der Waals surface area contributed by atoms with Crippen molar-refractivity contribution < 1.29 is 23.8 Å². The van der Waals surface area contributed by atoms with Crippen LogP contribution in [0.1, 0.15) is 11.1 Å². The number of nitrogens with one attached hydrogen (secondary N) is 1. The number of para-hydroxylation sites is 1. The van der Waals surface area contributed by atoms with Crippen LogP contribution in [-0.2, 0) is 14.3 Å². The van der Waals surface area contributed by atoms with E-state index in [-0.39, 0.29) is 13.2 Å². The molecule has 0 radical (unpaired) electrons. The second-order valence-electron chi connectivity index (χ2n) is 5.44. The summed E-state index contributed by atoms with van der Waals surface area (Å²) < 4.78 is 15.2. The van der Waals surface area contributed by atoms with E-state index in [9.17, 15) is 9.59 Å². The molecule has 132 valence electrons. The molecule has 0 fully saturated rings. The fraction of sp³-hybridized carbons (Fsp3) is 0.263. The maximum atomic E-state index is 11.9. The zero-order chi connectivity index (χ0) is 18.2. The first-order valence-corrected chi connectivity index (χ1v) is 7.78. The van der Waals surface area contributed by atoms with Gasteiger partial charge >= 0.3 is 5.97 Å². The molecule has 0 unspecified atom stereocenters. The van der Waals surface area contributed by atoms with E-state index in [1.54, 1.807) is 31.4 Å². The molecule has 0 atom stereocenters. The number of carbonyl (C=O) groups excluding carboxylic acids is 2. The summed E-state index contributed by atoms with van der Waals surface area (Å²) in [5, 5.41) is 2.75. The van der Waals surface area contributed by atoms with Crippen molar-refractivity contribution in [3.05, 3.63) is 53.6 Å². The van der Waals surface area contributed by atoms with Crippen LogP contribution in [0.5, 0.6) is 11.5 Å². The average molecular weight is 343 g/mol. The third-order valence-electron chi connectivity index (χ3n) is 3.53. The first-order chi connectivity index (χ1) is 12.0. The number of esters is 1. The number of rotatable bonds is 7. The highest BCUT2D eigenvalue weighted by Crippen LogP contribution is 2.19. The third-order valence-corrected chi connectivity index (χ3v) is 3.53. The quantitative estimate of drug-likeness (QED) is 0.783. The Morgan fingerprint density at radius 1 is 0.920 bits per heavy atom. The number of hydrogen-bond donors (Lipinski definition) is 1. The highest BCUT2D eigenvalue weighted by atomic mass is 16.6. The molecule has 0 saturated heterocycles. The largest absolute Gasteiger partial charge is 0.497 e. The molecule has 2 rings (SSSR count). The second-order valence-corrected chi connectivity index (χ2v) is 5.44. The number of carbonyl (C=O) groups is 2. The predicted octanol–water partition coefficient (Wildman–Crippen LogP) is 2.87. The van der Waals surface area contributed by atoms with E-state index in [1.165, 1.54) is 0 Å². The summed E-state index contributed by atoms with van der Waals surface area (Å²) in [6, 6.07) is 12.5. The highest BCUT2D eigenvalue weighted by molar-refractivity contribution is 5.94. The van der Waals surface area contributed by atoms with E-state index in [0.29, 0.717) is 11.5 Å². The standard InChI is InChI=1S/C19H21NO5/c1-13-5-4-6-14(2)19(13)20-17(21)11-25-18(22)12-24-16-9-7-15(23-3)8-10-16/h4-10H,11-12H2,1-3H3,(H,20,21). The maximum absolute atomic E-state index is 11.9. The summed E-state index contributed by atoms with van der Waals surface area (Å²) in [6.07, 6.45) is 0. The van der Waals surface area contributed by atoms with Crippen LogP contribution in [0.2, 0.25) is 0 Å². The smallest absolute Gasteiger partial charge is 0.344 e. The summed E-state index contributed by atoms with van der Waals surface area (Å²) >= 11 is 0. The van der Waals surface area contributed by atoms with Crippen LogP contribution in [0, 0.1) is 13.8 Å². The number of anilines is 1. The summed E-state index contributed by atoms with van der Waals surface area (Å²) in [6.45, 7) is 3.16. The van der Waals surface area contributed by atoms with Crippen molar-refractivity contribution in [3.8, 4) is 11.5 Å². The maximum Gasteiger partial charge on any atom is 0.344 e. The average Bonchev–Trinajstić information content (AvgIpc) is 2.62. The Hall–Kier alpha value is -3.02. The Bertz CT molecular complexity index is 720. The fourth-order valence-corrected chi connectivity index (χ4v) is 2.19. The monoisotopic (exact) mass is 343 g/mol. The third kappa shape index (κ3) is 5.53. The van der Waals surface area contributed by atoms with Gasteiger partial charge in [-0.25, -0.2) is 4.79 Å². The number of benzene rings is 2. The number of aryl methyl sites for hydroxylation is 2. The molecule has 1 N–H and O–H groups in total. The lowest BCUT2D eigenvalue weighted by Gasteiger charge is -2.12. The molecule has 0 aromatic heterocycles. The zero-order valence-electron chi connectivity index (χ0n) is 14.5. The van der Waals surface area contributed by atoms with Gasteiger partial charge in [0, 0.05) is 5.69 Å². The molecule has 25 heavy (non-hydrogen) atoms. The molecular weight excluding hydrogens is 322 g/mol. The topological polar surface area (TPSA) is 73.9 Å². The molecular formula is C19H21NO5. The Balaban J connectivity index is 1.76. The lowest BCUT2D eigenvalue weighted by molar-refractivity contribution is -0.149. The minimum Gasteiger partial charge on any atom is -0.497 e. The van der Waals surface area contributed by atoms with Gasteiger partial charge in [-0.05, 0) is 49.2 Å².